The lowest BCUT2D eigenvalue weighted by Crippen LogP contribution is -2.43. The number of hydrogen-bond donors (Lipinski definition) is 2. The van der Waals surface area contributed by atoms with Crippen molar-refractivity contribution in [2.75, 3.05) is 31.3 Å². The first-order chi connectivity index (χ1) is 14.0. The monoisotopic (exact) mass is 443 g/mol. The zero-order chi connectivity index (χ0) is 22.5. The fourth-order valence-corrected chi connectivity index (χ4v) is 2.79. The van der Waals surface area contributed by atoms with Gasteiger partial charge in [0.05, 0.1) is 36.0 Å². The van der Waals surface area contributed by atoms with E-state index in [1.165, 1.54) is 18.1 Å². The first-order valence-corrected chi connectivity index (χ1v) is 9.21. The number of hydrogen-bond acceptors (Lipinski definition) is 4. The van der Waals surface area contributed by atoms with Crippen LogP contribution in [0.25, 0.3) is 0 Å². The molecule has 2 rings (SSSR count). The van der Waals surface area contributed by atoms with Gasteiger partial charge in [-0.2, -0.15) is 13.2 Å². The van der Waals surface area contributed by atoms with Crippen molar-refractivity contribution in [2.45, 2.75) is 19.1 Å². The van der Waals surface area contributed by atoms with Crippen LogP contribution in [0.2, 0.25) is 5.02 Å². The van der Waals surface area contributed by atoms with E-state index in [0.717, 1.165) is 12.1 Å². The van der Waals surface area contributed by atoms with Crippen LogP contribution in [0.4, 0.5) is 24.5 Å². The summed E-state index contributed by atoms with van der Waals surface area (Å²) in [4.78, 5) is 26.2. The standard InChI is InChI=1S/C20H21ClF3N3O3/c1-12(19(29)26-16-6-4-5-7-17(16)30-3)27(2)11-18(28)25-13-8-9-15(21)14(10-13)20(22,23)24/h4-10,12H,11H2,1-3H3,(H,25,28)(H,26,29). The van der Waals surface area contributed by atoms with E-state index in [4.69, 9.17) is 16.3 Å². The Hall–Kier alpha value is -2.78. The third kappa shape index (κ3) is 6.11. The molecule has 0 saturated carbocycles. The van der Waals surface area contributed by atoms with E-state index >= 15 is 0 Å². The number of halogens is 4. The molecule has 0 fully saturated rings. The van der Waals surface area contributed by atoms with Crippen LogP contribution in [-0.4, -0.2) is 43.5 Å². The predicted octanol–water partition coefficient (Wildman–Crippen LogP) is 4.26. The average molecular weight is 444 g/mol. The highest BCUT2D eigenvalue weighted by Crippen LogP contribution is 2.36. The van der Waals surface area contributed by atoms with Crippen LogP contribution in [0.15, 0.2) is 42.5 Å². The smallest absolute Gasteiger partial charge is 0.417 e. The molecular formula is C20H21ClF3N3O3. The zero-order valence-electron chi connectivity index (χ0n) is 16.5. The number of nitrogens with one attached hydrogen (secondary N) is 2. The molecule has 0 heterocycles. The maximum absolute atomic E-state index is 12.9. The highest BCUT2D eigenvalue weighted by molar-refractivity contribution is 6.31. The zero-order valence-corrected chi connectivity index (χ0v) is 17.3. The van der Waals surface area contributed by atoms with Gasteiger partial charge in [-0.1, -0.05) is 23.7 Å². The number of anilines is 2. The minimum Gasteiger partial charge on any atom is -0.495 e. The molecule has 0 aliphatic heterocycles. The molecular weight excluding hydrogens is 423 g/mol. The molecule has 0 spiro atoms. The van der Waals surface area contributed by atoms with Gasteiger partial charge in [0.15, 0.2) is 0 Å². The normalized spacial score (nSPS) is 12.4. The Balaban J connectivity index is 1.99. The van der Waals surface area contributed by atoms with Crippen molar-refractivity contribution in [3.8, 4) is 5.75 Å². The maximum Gasteiger partial charge on any atom is 0.417 e. The summed E-state index contributed by atoms with van der Waals surface area (Å²) in [5, 5.41) is 4.64. The number of para-hydroxylation sites is 2. The topological polar surface area (TPSA) is 70.7 Å². The second-order valence-corrected chi connectivity index (χ2v) is 6.93. The Bertz CT molecular complexity index is 922. The lowest BCUT2D eigenvalue weighted by molar-refractivity contribution is -0.137. The number of carbonyl (C=O) groups is 2. The molecule has 2 N–H and O–H groups in total. The fourth-order valence-electron chi connectivity index (χ4n) is 2.57. The summed E-state index contributed by atoms with van der Waals surface area (Å²) < 4.78 is 44.0. The Morgan fingerprint density at radius 3 is 2.47 bits per heavy atom. The molecule has 6 nitrogen and oxygen atoms in total. The summed E-state index contributed by atoms with van der Waals surface area (Å²) in [6, 6.07) is 9.26. The highest BCUT2D eigenvalue weighted by atomic mass is 35.5. The highest BCUT2D eigenvalue weighted by Gasteiger charge is 2.33. The van der Waals surface area contributed by atoms with Gasteiger partial charge in [0.1, 0.15) is 5.75 Å². The predicted molar refractivity (Wildman–Crippen MR) is 109 cm³/mol. The van der Waals surface area contributed by atoms with Crippen molar-refractivity contribution in [3.63, 3.8) is 0 Å². The number of likely N-dealkylation sites (N-methyl/N-ethyl adjacent to an activating group) is 1. The quantitative estimate of drug-likeness (QED) is 0.670. The molecule has 0 aromatic heterocycles. The van der Waals surface area contributed by atoms with Gasteiger partial charge in [-0.3, -0.25) is 14.5 Å². The van der Waals surface area contributed by atoms with Crippen LogP contribution < -0.4 is 15.4 Å². The molecule has 0 aliphatic rings. The van der Waals surface area contributed by atoms with Crippen molar-refractivity contribution < 1.29 is 27.5 Å². The average Bonchev–Trinajstić information content (AvgIpc) is 2.68. The second-order valence-electron chi connectivity index (χ2n) is 6.52. The van der Waals surface area contributed by atoms with Crippen LogP contribution in [0, 0.1) is 0 Å². The molecule has 0 radical (unpaired) electrons. The van der Waals surface area contributed by atoms with E-state index < -0.39 is 28.7 Å². The summed E-state index contributed by atoms with van der Waals surface area (Å²) in [5.74, 6) is -0.466. The molecule has 1 unspecified atom stereocenters. The number of methoxy groups -OCH3 is 1. The third-order valence-corrected chi connectivity index (χ3v) is 4.68. The number of rotatable bonds is 7. The minimum absolute atomic E-state index is 0.0451. The van der Waals surface area contributed by atoms with E-state index in [9.17, 15) is 22.8 Å². The first-order valence-electron chi connectivity index (χ1n) is 8.83. The van der Waals surface area contributed by atoms with Gasteiger partial charge in [-0.15, -0.1) is 0 Å². The van der Waals surface area contributed by atoms with Gasteiger partial charge >= 0.3 is 6.18 Å². The Morgan fingerprint density at radius 2 is 1.83 bits per heavy atom. The molecule has 30 heavy (non-hydrogen) atoms. The van der Waals surface area contributed by atoms with Crippen LogP contribution in [0.5, 0.6) is 5.75 Å². The number of nitrogens with zero attached hydrogens (tertiary/aromatic N) is 1. The Kier molecular flexibility index (Phi) is 7.69. The largest absolute Gasteiger partial charge is 0.495 e. The number of alkyl halides is 3. The molecule has 2 amide bonds. The molecule has 2 aromatic carbocycles. The van der Waals surface area contributed by atoms with Crippen molar-refractivity contribution in [3.05, 3.63) is 53.1 Å². The van der Waals surface area contributed by atoms with Gasteiger partial charge in [-0.25, -0.2) is 0 Å². The molecule has 162 valence electrons. The Morgan fingerprint density at radius 1 is 1.17 bits per heavy atom. The number of amides is 2. The van der Waals surface area contributed by atoms with Crippen molar-refractivity contribution in [1.29, 1.82) is 0 Å². The minimum atomic E-state index is -4.64. The molecule has 2 aromatic rings. The summed E-state index contributed by atoms with van der Waals surface area (Å²) in [5.41, 5.74) is -0.605. The van der Waals surface area contributed by atoms with Crippen LogP contribution in [-0.2, 0) is 15.8 Å². The van der Waals surface area contributed by atoms with Gasteiger partial charge in [0.25, 0.3) is 0 Å². The van der Waals surface area contributed by atoms with Crippen molar-refractivity contribution >= 4 is 34.8 Å². The van der Waals surface area contributed by atoms with E-state index in [-0.39, 0.29) is 18.1 Å². The van der Waals surface area contributed by atoms with E-state index in [0.29, 0.717) is 11.4 Å². The summed E-state index contributed by atoms with van der Waals surface area (Å²) in [7, 11) is 3.03. The van der Waals surface area contributed by atoms with Crippen LogP contribution in [0.1, 0.15) is 12.5 Å². The summed E-state index contributed by atoms with van der Waals surface area (Å²) >= 11 is 5.57. The lowest BCUT2D eigenvalue weighted by atomic mass is 10.2. The van der Waals surface area contributed by atoms with Crippen molar-refractivity contribution in [2.24, 2.45) is 0 Å². The summed E-state index contributed by atoms with van der Waals surface area (Å²) in [6.07, 6.45) is -4.64. The van der Waals surface area contributed by atoms with Gasteiger partial charge < -0.3 is 15.4 Å². The van der Waals surface area contributed by atoms with Crippen molar-refractivity contribution in [1.82, 2.24) is 4.90 Å². The Labute approximate surface area is 177 Å². The number of ether oxygens (including phenoxy) is 1. The third-order valence-electron chi connectivity index (χ3n) is 4.35. The fraction of sp³-hybridized carbons (Fsp3) is 0.300. The molecule has 1 atom stereocenters. The summed E-state index contributed by atoms with van der Waals surface area (Å²) in [6.45, 7) is 1.38. The second kappa shape index (κ2) is 9.82. The van der Waals surface area contributed by atoms with Gasteiger partial charge in [0.2, 0.25) is 11.8 Å². The maximum atomic E-state index is 12.9. The number of carbonyl (C=O) groups excluding carboxylic acids is 2. The molecule has 0 aliphatic carbocycles. The van der Waals surface area contributed by atoms with Crippen LogP contribution in [0.3, 0.4) is 0 Å². The SMILES string of the molecule is COc1ccccc1NC(=O)C(C)N(C)CC(=O)Nc1ccc(Cl)c(C(F)(F)F)c1. The first kappa shape index (κ1) is 23.5. The van der Waals surface area contributed by atoms with Crippen LogP contribution >= 0.6 is 11.6 Å². The molecule has 0 saturated heterocycles. The van der Waals surface area contributed by atoms with E-state index in [1.807, 2.05) is 0 Å². The molecule has 0 bridgehead atoms. The van der Waals surface area contributed by atoms with Gasteiger partial charge in [-0.05, 0) is 44.3 Å². The van der Waals surface area contributed by atoms with E-state index in [2.05, 4.69) is 10.6 Å². The lowest BCUT2D eigenvalue weighted by Gasteiger charge is -2.23. The van der Waals surface area contributed by atoms with E-state index in [1.54, 1.807) is 38.2 Å². The number of benzene rings is 2. The van der Waals surface area contributed by atoms with Gasteiger partial charge in [0, 0.05) is 5.69 Å². The molecule has 10 heteroatoms.